The Kier molecular flexibility index (Phi) is 8.38. The van der Waals surface area contributed by atoms with Gasteiger partial charge in [-0.3, -0.25) is 15.1 Å². The minimum atomic E-state index is -3.52. The number of nitro benzene ring substituents is 1. The number of aryl methyl sites for hydroxylation is 1. The molecule has 2 rings (SSSR count). The van der Waals surface area contributed by atoms with E-state index >= 15 is 0 Å². The van der Waals surface area contributed by atoms with E-state index in [1.54, 1.807) is 0 Å². The zero-order chi connectivity index (χ0) is 23.0. The highest BCUT2D eigenvalue weighted by atomic mass is 32.2. The number of benzene rings is 2. The van der Waals surface area contributed by atoms with Gasteiger partial charge in [-0.2, -0.15) is 0 Å². The molecule has 0 spiro atoms. The van der Waals surface area contributed by atoms with Crippen molar-refractivity contribution in [3.63, 3.8) is 0 Å². The zero-order valence-corrected chi connectivity index (χ0v) is 19.1. The lowest BCUT2D eigenvalue weighted by Gasteiger charge is -2.23. The summed E-state index contributed by atoms with van der Waals surface area (Å²) in [5.74, 6) is 0.731. The van der Waals surface area contributed by atoms with Crippen LogP contribution in [0.4, 0.5) is 11.4 Å². The monoisotopic (exact) mass is 447 g/mol. The van der Waals surface area contributed by atoms with Crippen LogP contribution in [0.5, 0.6) is 0 Å². The molecule has 0 aromatic heterocycles. The lowest BCUT2D eigenvalue weighted by Crippen LogP contribution is -2.39. The topological polar surface area (TPSA) is 117 Å². The van der Waals surface area contributed by atoms with Gasteiger partial charge in [-0.1, -0.05) is 24.3 Å². The molecule has 0 amide bonds. The number of aliphatic imine (C=N–C) groups is 1. The third-order valence-corrected chi connectivity index (χ3v) is 5.76. The number of guanidine groups is 1. The van der Waals surface area contributed by atoms with Gasteiger partial charge in [-0.15, -0.1) is 0 Å². The minimum Gasteiger partial charge on any atom is -0.378 e. The van der Waals surface area contributed by atoms with Crippen molar-refractivity contribution < 1.29 is 13.3 Å². The van der Waals surface area contributed by atoms with Gasteiger partial charge in [0.1, 0.15) is 5.69 Å². The summed E-state index contributed by atoms with van der Waals surface area (Å²) in [6.45, 7) is 6.20. The molecule has 0 bridgehead atoms. The first kappa shape index (κ1) is 24.1. The molecule has 0 radical (unpaired) electrons. The third kappa shape index (κ3) is 6.95. The molecule has 0 fully saturated rings. The second-order valence-corrected chi connectivity index (χ2v) is 9.17. The highest BCUT2D eigenvalue weighted by Crippen LogP contribution is 2.27. The van der Waals surface area contributed by atoms with Crippen LogP contribution in [0, 0.1) is 17.0 Å². The molecule has 2 aromatic carbocycles. The van der Waals surface area contributed by atoms with Gasteiger partial charge in [-0.25, -0.2) is 8.42 Å². The predicted octanol–water partition coefficient (Wildman–Crippen LogP) is 2.82. The lowest BCUT2D eigenvalue weighted by atomic mass is 10.1. The third-order valence-electron chi connectivity index (χ3n) is 4.65. The predicted molar refractivity (Wildman–Crippen MR) is 123 cm³/mol. The number of nitro groups is 1. The quantitative estimate of drug-likeness (QED) is 0.200. The van der Waals surface area contributed by atoms with Gasteiger partial charge < -0.3 is 15.5 Å². The molecule has 2 N–H and O–H groups in total. The lowest BCUT2D eigenvalue weighted by molar-refractivity contribution is -0.384. The standard InChI is InChI=1S/C21H29N5O4S/c1-5-22-21(25(3)15-17-9-7-6-8-16(17)2)24-13-12-23-19-11-10-18(31(4,29)30)14-20(19)26(27)28/h6-11,14,23H,5,12-13,15H2,1-4H3,(H,22,24). The Balaban J connectivity index is 2.06. The molecule has 2 aromatic rings. The Bertz CT molecular complexity index is 1050. The number of rotatable bonds is 9. The van der Waals surface area contributed by atoms with Crippen molar-refractivity contribution in [1.29, 1.82) is 0 Å². The second kappa shape index (κ2) is 10.8. The van der Waals surface area contributed by atoms with E-state index in [9.17, 15) is 18.5 Å². The highest BCUT2D eigenvalue weighted by molar-refractivity contribution is 7.90. The van der Waals surface area contributed by atoms with Gasteiger partial charge >= 0.3 is 0 Å². The zero-order valence-electron chi connectivity index (χ0n) is 18.3. The molecular weight excluding hydrogens is 418 g/mol. The summed E-state index contributed by atoms with van der Waals surface area (Å²) in [5, 5.41) is 17.6. The van der Waals surface area contributed by atoms with Crippen LogP contribution in [0.2, 0.25) is 0 Å². The van der Waals surface area contributed by atoms with Crippen LogP contribution in [-0.4, -0.2) is 57.1 Å². The van der Waals surface area contributed by atoms with E-state index in [1.807, 2.05) is 31.0 Å². The van der Waals surface area contributed by atoms with E-state index < -0.39 is 14.8 Å². The van der Waals surface area contributed by atoms with Crippen LogP contribution in [0.3, 0.4) is 0 Å². The molecule has 0 aliphatic carbocycles. The van der Waals surface area contributed by atoms with E-state index in [2.05, 4.69) is 34.7 Å². The first-order valence-corrected chi connectivity index (χ1v) is 11.8. The summed E-state index contributed by atoms with van der Waals surface area (Å²) in [6.07, 6.45) is 1.02. The summed E-state index contributed by atoms with van der Waals surface area (Å²) in [7, 11) is -1.57. The maximum Gasteiger partial charge on any atom is 0.293 e. The Labute approximate surface area is 183 Å². The molecule has 0 aliphatic rings. The van der Waals surface area contributed by atoms with Crippen LogP contribution in [-0.2, 0) is 16.4 Å². The summed E-state index contributed by atoms with van der Waals surface area (Å²) in [6, 6.07) is 12.0. The fourth-order valence-corrected chi connectivity index (χ4v) is 3.62. The van der Waals surface area contributed by atoms with Crippen molar-refractivity contribution in [1.82, 2.24) is 10.2 Å². The number of hydrogen-bond donors (Lipinski definition) is 2. The number of sulfone groups is 1. The second-order valence-electron chi connectivity index (χ2n) is 7.15. The van der Waals surface area contributed by atoms with Gasteiger partial charge in [0.2, 0.25) is 0 Å². The van der Waals surface area contributed by atoms with Crippen molar-refractivity contribution >= 4 is 27.2 Å². The largest absolute Gasteiger partial charge is 0.378 e. The van der Waals surface area contributed by atoms with Crippen molar-refractivity contribution in [2.75, 3.05) is 38.3 Å². The van der Waals surface area contributed by atoms with E-state index in [1.165, 1.54) is 23.3 Å². The fourth-order valence-electron chi connectivity index (χ4n) is 2.98. The molecule has 9 nitrogen and oxygen atoms in total. The SMILES string of the molecule is CCNC(=NCCNc1ccc(S(C)(=O)=O)cc1[N+](=O)[O-])N(C)Cc1ccccc1C. The van der Waals surface area contributed by atoms with E-state index in [4.69, 9.17) is 0 Å². The molecule has 0 aliphatic heterocycles. The van der Waals surface area contributed by atoms with Crippen LogP contribution in [0.15, 0.2) is 52.4 Å². The molecule has 0 unspecified atom stereocenters. The minimum absolute atomic E-state index is 0.0879. The average molecular weight is 448 g/mol. The summed E-state index contributed by atoms with van der Waals surface area (Å²) in [4.78, 5) is 17.3. The van der Waals surface area contributed by atoms with Gasteiger partial charge in [0.15, 0.2) is 15.8 Å². The molecule has 31 heavy (non-hydrogen) atoms. The van der Waals surface area contributed by atoms with E-state index in [-0.39, 0.29) is 16.3 Å². The Morgan fingerprint density at radius 3 is 2.55 bits per heavy atom. The summed E-state index contributed by atoms with van der Waals surface area (Å²) in [5.41, 5.74) is 2.38. The maximum atomic E-state index is 11.7. The van der Waals surface area contributed by atoms with Gasteiger partial charge in [0.05, 0.1) is 16.4 Å². The van der Waals surface area contributed by atoms with Crippen molar-refractivity contribution in [3.8, 4) is 0 Å². The molecule has 10 heteroatoms. The summed E-state index contributed by atoms with van der Waals surface area (Å²) < 4.78 is 23.3. The first-order chi connectivity index (χ1) is 14.6. The Morgan fingerprint density at radius 1 is 1.23 bits per heavy atom. The smallest absolute Gasteiger partial charge is 0.293 e. The van der Waals surface area contributed by atoms with Crippen LogP contribution < -0.4 is 10.6 Å². The summed E-state index contributed by atoms with van der Waals surface area (Å²) >= 11 is 0. The highest BCUT2D eigenvalue weighted by Gasteiger charge is 2.18. The van der Waals surface area contributed by atoms with Crippen LogP contribution >= 0.6 is 0 Å². The van der Waals surface area contributed by atoms with Crippen molar-refractivity contribution in [3.05, 3.63) is 63.7 Å². The van der Waals surface area contributed by atoms with Crippen LogP contribution in [0.25, 0.3) is 0 Å². The molecule has 0 saturated heterocycles. The van der Waals surface area contributed by atoms with Crippen molar-refractivity contribution in [2.45, 2.75) is 25.3 Å². The van der Waals surface area contributed by atoms with E-state index in [0.717, 1.165) is 18.3 Å². The molecular formula is C21H29N5O4S. The molecule has 0 heterocycles. The Morgan fingerprint density at radius 2 is 1.94 bits per heavy atom. The number of anilines is 1. The average Bonchev–Trinajstić information content (AvgIpc) is 2.71. The number of hydrogen-bond acceptors (Lipinski definition) is 6. The molecule has 168 valence electrons. The molecule has 0 atom stereocenters. The maximum absolute atomic E-state index is 11.7. The normalized spacial score (nSPS) is 11.8. The molecule has 0 saturated carbocycles. The van der Waals surface area contributed by atoms with Gasteiger partial charge in [0.25, 0.3) is 5.69 Å². The van der Waals surface area contributed by atoms with Gasteiger partial charge in [-0.05, 0) is 37.1 Å². The van der Waals surface area contributed by atoms with E-state index in [0.29, 0.717) is 26.2 Å². The Hall–Kier alpha value is -3.14. The first-order valence-electron chi connectivity index (χ1n) is 9.89. The van der Waals surface area contributed by atoms with Crippen LogP contribution in [0.1, 0.15) is 18.1 Å². The number of nitrogens with zero attached hydrogens (tertiary/aromatic N) is 3. The number of nitrogens with one attached hydrogen (secondary N) is 2. The van der Waals surface area contributed by atoms with Crippen molar-refractivity contribution in [2.24, 2.45) is 4.99 Å². The fraction of sp³-hybridized carbons (Fsp3) is 0.381. The van der Waals surface area contributed by atoms with Gasteiger partial charge in [0, 0.05) is 39.0 Å².